The lowest BCUT2D eigenvalue weighted by molar-refractivity contribution is -0.160. The van der Waals surface area contributed by atoms with Gasteiger partial charge >= 0.3 is 0 Å². The van der Waals surface area contributed by atoms with Crippen LogP contribution in [0.2, 0.25) is 0 Å². The minimum Gasteiger partial charge on any atom is -0.393 e. The van der Waals surface area contributed by atoms with Gasteiger partial charge in [0.25, 0.3) is 0 Å². The van der Waals surface area contributed by atoms with E-state index in [1.165, 1.54) is 19.3 Å². The zero-order valence-electron chi connectivity index (χ0n) is 15.2. The SMILES string of the molecule is C=CC(C)(O)CCC1C(C)CC(O)C2C(C)(C)CCCC12C. The average Bonchev–Trinajstić information content (AvgIpc) is 2.36. The van der Waals surface area contributed by atoms with Gasteiger partial charge in [0.1, 0.15) is 0 Å². The summed E-state index contributed by atoms with van der Waals surface area (Å²) < 4.78 is 0. The Hall–Kier alpha value is -0.340. The minimum absolute atomic E-state index is 0.175. The molecule has 0 aromatic rings. The summed E-state index contributed by atoms with van der Waals surface area (Å²) in [6, 6.07) is 0. The number of hydrogen-bond donors (Lipinski definition) is 2. The lowest BCUT2D eigenvalue weighted by Crippen LogP contribution is -2.57. The molecule has 2 aliphatic rings. The van der Waals surface area contributed by atoms with Gasteiger partial charge in [-0.05, 0) is 67.6 Å². The third-order valence-corrected chi connectivity index (χ3v) is 7.02. The van der Waals surface area contributed by atoms with Crippen LogP contribution in [0.25, 0.3) is 0 Å². The molecule has 22 heavy (non-hydrogen) atoms. The fraction of sp³-hybridized carbons (Fsp3) is 0.900. The van der Waals surface area contributed by atoms with E-state index >= 15 is 0 Å². The Labute approximate surface area is 137 Å². The van der Waals surface area contributed by atoms with Crippen LogP contribution < -0.4 is 0 Å². The van der Waals surface area contributed by atoms with Crippen molar-refractivity contribution in [3.63, 3.8) is 0 Å². The van der Waals surface area contributed by atoms with Crippen LogP contribution in [-0.4, -0.2) is 21.9 Å². The fourth-order valence-electron chi connectivity index (χ4n) is 6.00. The quantitative estimate of drug-likeness (QED) is 0.748. The summed E-state index contributed by atoms with van der Waals surface area (Å²) in [6.07, 6.45) is 7.88. The highest BCUT2D eigenvalue weighted by Gasteiger charge is 2.57. The van der Waals surface area contributed by atoms with Crippen LogP contribution in [0.3, 0.4) is 0 Å². The van der Waals surface area contributed by atoms with Gasteiger partial charge in [0, 0.05) is 0 Å². The van der Waals surface area contributed by atoms with Crippen molar-refractivity contribution in [3.05, 3.63) is 12.7 Å². The van der Waals surface area contributed by atoms with Gasteiger partial charge < -0.3 is 10.2 Å². The van der Waals surface area contributed by atoms with Crippen LogP contribution in [0, 0.1) is 28.6 Å². The highest BCUT2D eigenvalue weighted by atomic mass is 16.3. The Morgan fingerprint density at radius 2 is 1.91 bits per heavy atom. The maximum atomic E-state index is 10.8. The molecule has 128 valence electrons. The molecule has 0 aliphatic heterocycles. The lowest BCUT2D eigenvalue weighted by Gasteiger charge is -2.61. The van der Waals surface area contributed by atoms with Crippen molar-refractivity contribution in [2.24, 2.45) is 28.6 Å². The molecule has 2 N–H and O–H groups in total. The van der Waals surface area contributed by atoms with E-state index in [1.54, 1.807) is 6.08 Å². The minimum atomic E-state index is -0.772. The zero-order valence-corrected chi connectivity index (χ0v) is 15.2. The molecule has 2 rings (SSSR count). The summed E-state index contributed by atoms with van der Waals surface area (Å²) in [6.45, 7) is 15.0. The summed E-state index contributed by atoms with van der Waals surface area (Å²) in [5, 5.41) is 21.1. The smallest absolute Gasteiger partial charge is 0.0797 e. The maximum absolute atomic E-state index is 10.8. The Bertz CT molecular complexity index is 412. The normalized spacial score (nSPS) is 44.0. The molecule has 0 heterocycles. The van der Waals surface area contributed by atoms with E-state index in [2.05, 4.69) is 34.3 Å². The van der Waals surface area contributed by atoms with E-state index in [4.69, 9.17) is 0 Å². The van der Waals surface area contributed by atoms with Crippen LogP contribution in [0.1, 0.15) is 73.1 Å². The topological polar surface area (TPSA) is 40.5 Å². The molecule has 0 amide bonds. The van der Waals surface area contributed by atoms with Gasteiger partial charge in [-0.1, -0.05) is 40.2 Å². The highest BCUT2D eigenvalue weighted by molar-refractivity contribution is 5.06. The second-order valence-corrected chi connectivity index (χ2v) is 9.31. The molecule has 2 heteroatoms. The third-order valence-electron chi connectivity index (χ3n) is 7.02. The molecule has 2 aliphatic carbocycles. The number of aliphatic hydroxyl groups excluding tert-OH is 1. The van der Waals surface area contributed by atoms with Crippen LogP contribution in [-0.2, 0) is 0 Å². The van der Waals surface area contributed by atoms with Crippen molar-refractivity contribution in [1.29, 1.82) is 0 Å². The molecule has 0 radical (unpaired) electrons. The van der Waals surface area contributed by atoms with E-state index in [1.807, 2.05) is 6.92 Å². The first kappa shape index (κ1) is 18.0. The first-order valence-corrected chi connectivity index (χ1v) is 9.07. The molecule has 6 atom stereocenters. The van der Waals surface area contributed by atoms with E-state index in [-0.39, 0.29) is 16.9 Å². The third kappa shape index (κ3) is 3.14. The van der Waals surface area contributed by atoms with Crippen LogP contribution in [0.5, 0.6) is 0 Å². The molecule has 2 saturated carbocycles. The number of fused-ring (bicyclic) bond motifs is 1. The molecule has 2 fully saturated rings. The van der Waals surface area contributed by atoms with Gasteiger partial charge in [-0.3, -0.25) is 0 Å². The first-order chi connectivity index (χ1) is 10.0. The summed E-state index contributed by atoms with van der Waals surface area (Å²) in [7, 11) is 0. The molecular weight excluding hydrogens is 272 g/mol. The van der Waals surface area contributed by atoms with Gasteiger partial charge in [0.2, 0.25) is 0 Å². The average molecular weight is 309 g/mol. The monoisotopic (exact) mass is 308 g/mol. The van der Waals surface area contributed by atoms with Crippen molar-refractivity contribution in [1.82, 2.24) is 0 Å². The molecule has 0 bridgehead atoms. The largest absolute Gasteiger partial charge is 0.393 e. The van der Waals surface area contributed by atoms with Gasteiger partial charge in [0.15, 0.2) is 0 Å². The van der Waals surface area contributed by atoms with E-state index in [9.17, 15) is 10.2 Å². The second-order valence-electron chi connectivity index (χ2n) is 9.31. The predicted octanol–water partition coefficient (Wildman–Crippen LogP) is 4.55. The summed E-state index contributed by atoms with van der Waals surface area (Å²) in [5.41, 5.74) is -0.367. The van der Waals surface area contributed by atoms with E-state index in [0.717, 1.165) is 19.3 Å². The second kappa shape index (κ2) is 5.94. The maximum Gasteiger partial charge on any atom is 0.0797 e. The zero-order chi connectivity index (χ0) is 16.8. The van der Waals surface area contributed by atoms with Gasteiger partial charge in [-0.25, -0.2) is 0 Å². The fourth-order valence-corrected chi connectivity index (χ4v) is 6.00. The first-order valence-electron chi connectivity index (χ1n) is 9.07. The van der Waals surface area contributed by atoms with Crippen LogP contribution in [0.15, 0.2) is 12.7 Å². The van der Waals surface area contributed by atoms with Crippen molar-refractivity contribution < 1.29 is 10.2 Å². The van der Waals surface area contributed by atoms with Gasteiger partial charge in [-0.15, -0.1) is 6.58 Å². The molecular formula is C20H36O2. The summed E-state index contributed by atoms with van der Waals surface area (Å²) in [4.78, 5) is 0. The van der Waals surface area contributed by atoms with Crippen molar-refractivity contribution in [2.45, 2.75) is 84.8 Å². The summed E-state index contributed by atoms with van der Waals surface area (Å²) >= 11 is 0. The van der Waals surface area contributed by atoms with Crippen molar-refractivity contribution >= 4 is 0 Å². The number of hydrogen-bond acceptors (Lipinski definition) is 2. The molecule has 2 nitrogen and oxygen atoms in total. The molecule has 0 spiro atoms. The Kier molecular flexibility index (Phi) is 4.86. The lowest BCUT2D eigenvalue weighted by atomic mass is 9.45. The van der Waals surface area contributed by atoms with Crippen molar-refractivity contribution in [3.8, 4) is 0 Å². The molecule has 0 aromatic carbocycles. The van der Waals surface area contributed by atoms with Crippen LogP contribution in [0.4, 0.5) is 0 Å². The Balaban J connectivity index is 2.26. The Morgan fingerprint density at radius 3 is 2.50 bits per heavy atom. The standard InChI is InChI=1S/C20H36O2/c1-7-19(5,22)12-9-15-14(2)13-16(21)17-18(3,4)10-8-11-20(15,17)6/h7,14-17,21-22H,1,8-13H2,2-6H3. The molecule has 0 saturated heterocycles. The van der Waals surface area contributed by atoms with E-state index in [0.29, 0.717) is 17.8 Å². The predicted molar refractivity (Wildman–Crippen MR) is 92.6 cm³/mol. The van der Waals surface area contributed by atoms with E-state index < -0.39 is 5.60 Å². The molecule has 0 aromatic heterocycles. The number of aliphatic hydroxyl groups is 2. The van der Waals surface area contributed by atoms with Gasteiger partial charge in [0.05, 0.1) is 11.7 Å². The molecule has 6 unspecified atom stereocenters. The van der Waals surface area contributed by atoms with Crippen LogP contribution >= 0.6 is 0 Å². The highest BCUT2D eigenvalue weighted by Crippen LogP contribution is 2.62. The summed E-state index contributed by atoms with van der Waals surface area (Å²) in [5.74, 6) is 1.47. The number of rotatable bonds is 4. The van der Waals surface area contributed by atoms with Crippen molar-refractivity contribution in [2.75, 3.05) is 0 Å². The Morgan fingerprint density at radius 1 is 1.27 bits per heavy atom. The van der Waals surface area contributed by atoms with Gasteiger partial charge in [-0.2, -0.15) is 0 Å².